The Balaban J connectivity index is 1.89. The lowest BCUT2D eigenvalue weighted by molar-refractivity contribution is -0.120. The van der Waals surface area contributed by atoms with E-state index in [9.17, 15) is 18.3 Å². The van der Waals surface area contributed by atoms with Gasteiger partial charge in [0.25, 0.3) is 10.2 Å². The second kappa shape index (κ2) is 7.23. The highest BCUT2D eigenvalue weighted by molar-refractivity contribution is 9.10. The van der Waals surface area contributed by atoms with Crippen molar-refractivity contribution in [2.45, 2.75) is 25.4 Å². The first-order valence-electron chi connectivity index (χ1n) is 8.13. The Morgan fingerprint density at radius 2 is 2.11 bits per heavy atom. The average molecular weight is 458 g/mol. The first kappa shape index (κ1) is 19.8. The van der Waals surface area contributed by atoms with Crippen LogP contribution in [0, 0.1) is 6.92 Å². The van der Waals surface area contributed by atoms with Gasteiger partial charge in [0.15, 0.2) is 0 Å². The molecule has 1 aromatic heterocycles. The van der Waals surface area contributed by atoms with Gasteiger partial charge in [0.05, 0.1) is 17.4 Å². The van der Waals surface area contributed by atoms with Crippen molar-refractivity contribution in [1.29, 1.82) is 0 Å². The van der Waals surface area contributed by atoms with Gasteiger partial charge >= 0.3 is 0 Å². The van der Waals surface area contributed by atoms with E-state index in [1.165, 1.54) is 13.1 Å². The van der Waals surface area contributed by atoms with Gasteiger partial charge < -0.3 is 10.4 Å². The number of carbonyl (C=O) groups excluding carboxylic acids is 1. The van der Waals surface area contributed by atoms with Crippen LogP contribution in [0.15, 0.2) is 28.9 Å². The van der Waals surface area contributed by atoms with Crippen molar-refractivity contribution in [3.05, 3.63) is 40.1 Å². The molecule has 27 heavy (non-hydrogen) atoms. The fourth-order valence-corrected chi connectivity index (χ4v) is 4.72. The summed E-state index contributed by atoms with van der Waals surface area (Å²) in [6, 6.07) is 3.09. The molecule has 0 spiro atoms. The third kappa shape index (κ3) is 4.00. The number of benzene rings is 1. The van der Waals surface area contributed by atoms with E-state index in [1.807, 2.05) is 0 Å². The lowest BCUT2D eigenvalue weighted by Gasteiger charge is -2.36. The Morgan fingerprint density at radius 1 is 1.41 bits per heavy atom. The largest absolute Gasteiger partial charge is 0.506 e. The van der Waals surface area contributed by atoms with E-state index in [-0.39, 0.29) is 17.9 Å². The van der Waals surface area contributed by atoms with Crippen LogP contribution < -0.4 is 10.0 Å². The topological polar surface area (TPSA) is 117 Å². The number of likely N-dealkylation sites (N-methyl/N-ethyl adjacent to an activating group) is 1. The van der Waals surface area contributed by atoms with Crippen LogP contribution in [-0.4, -0.2) is 46.6 Å². The molecule has 0 unspecified atom stereocenters. The predicted molar refractivity (Wildman–Crippen MR) is 103 cm³/mol. The van der Waals surface area contributed by atoms with Gasteiger partial charge in [-0.25, -0.2) is 0 Å². The van der Waals surface area contributed by atoms with E-state index in [2.05, 4.69) is 31.1 Å². The van der Waals surface area contributed by atoms with Crippen LogP contribution >= 0.6 is 15.9 Å². The van der Waals surface area contributed by atoms with Gasteiger partial charge in [-0.15, -0.1) is 0 Å². The number of aromatic hydroxyl groups is 1. The summed E-state index contributed by atoms with van der Waals surface area (Å²) in [5.41, 5.74) is 1.61. The molecule has 3 N–H and O–H groups in total. The third-order valence-corrected chi connectivity index (χ3v) is 6.60. The van der Waals surface area contributed by atoms with Crippen molar-refractivity contribution in [1.82, 2.24) is 18.8 Å². The molecule has 1 fully saturated rings. The third-order valence-electron chi connectivity index (χ3n) is 4.51. The van der Waals surface area contributed by atoms with Gasteiger partial charge in [0.1, 0.15) is 11.8 Å². The number of nitrogens with zero attached hydrogens (tertiary/aromatic N) is 3. The summed E-state index contributed by atoms with van der Waals surface area (Å²) in [5.74, 6) is -0.631. The van der Waals surface area contributed by atoms with E-state index < -0.39 is 28.2 Å². The van der Waals surface area contributed by atoms with Crippen molar-refractivity contribution in [2.75, 3.05) is 12.4 Å². The van der Waals surface area contributed by atoms with Gasteiger partial charge in [-0.05, 0) is 31.5 Å². The Labute approximate surface area is 165 Å². The standard InChI is InChI=1S/C16H20BrN5O4S/c1-9-11(8-21(2)19-9)12-7-14(22(3)27(25,26)20-12)16(24)18-13-6-10(17)4-5-15(13)23/h4-6,8,12,14,20,23H,7H2,1-3H3,(H,18,24)/t12-,14-/m1/s1. The predicted octanol–water partition coefficient (Wildman–Crippen LogP) is 1.41. The Morgan fingerprint density at radius 3 is 2.74 bits per heavy atom. The van der Waals surface area contributed by atoms with Crippen LogP contribution in [0.1, 0.15) is 23.7 Å². The number of halogens is 1. The normalized spacial score (nSPS) is 22.5. The molecule has 9 nitrogen and oxygen atoms in total. The Kier molecular flexibility index (Phi) is 5.30. The number of anilines is 1. The minimum absolute atomic E-state index is 0.106. The number of aryl methyl sites for hydroxylation is 2. The highest BCUT2D eigenvalue weighted by atomic mass is 79.9. The SMILES string of the molecule is Cc1nn(C)cc1[C@H]1C[C@H](C(=O)Nc2cc(Br)ccc2O)N(C)S(=O)(=O)N1. The number of rotatable bonds is 3. The van der Waals surface area contributed by atoms with E-state index in [1.54, 1.807) is 37.0 Å². The Hall–Kier alpha value is -1.95. The lowest BCUT2D eigenvalue weighted by atomic mass is 10.00. The van der Waals surface area contributed by atoms with Crippen molar-refractivity contribution < 1.29 is 18.3 Å². The zero-order valence-corrected chi connectivity index (χ0v) is 17.4. The van der Waals surface area contributed by atoms with E-state index in [0.717, 1.165) is 9.87 Å². The minimum atomic E-state index is -3.86. The van der Waals surface area contributed by atoms with Crippen LogP contribution in [0.25, 0.3) is 0 Å². The molecule has 3 rings (SSSR count). The Bertz CT molecular complexity index is 991. The molecule has 1 aliphatic heterocycles. The molecule has 0 bridgehead atoms. The van der Waals surface area contributed by atoms with E-state index >= 15 is 0 Å². The summed E-state index contributed by atoms with van der Waals surface area (Å²) >= 11 is 3.27. The van der Waals surface area contributed by atoms with Crippen molar-refractivity contribution >= 4 is 37.7 Å². The maximum Gasteiger partial charge on any atom is 0.280 e. The summed E-state index contributed by atoms with van der Waals surface area (Å²) < 4.78 is 30.9. The van der Waals surface area contributed by atoms with Crippen LogP contribution in [0.2, 0.25) is 0 Å². The van der Waals surface area contributed by atoms with Gasteiger partial charge in [0.2, 0.25) is 5.91 Å². The molecule has 0 saturated carbocycles. The number of carbonyl (C=O) groups is 1. The first-order chi connectivity index (χ1) is 12.6. The van der Waals surface area contributed by atoms with Crippen LogP contribution in [0.4, 0.5) is 5.69 Å². The molecule has 2 heterocycles. The number of phenols is 1. The number of hydrogen-bond acceptors (Lipinski definition) is 5. The summed E-state index contributed by atoms with van der Waals surface area (Å²) in [7, 11) is -0.760. The summed E-state index contributed by atoms with van der Waals surface area (Å²) in [4.78, 5) is 12.8. The van der Waals surface area contributed by atoms with Gasteiger partial charge in [-0.2, -0.15) is 22.5 Å². The molecule has 1 aromatic carbocycles. The maximum absolute atomic E-state index is 12.8. The minimum Gasteiger partial charge on any atom is -0.506 e. The highest BCUT2D eigenvalue weighted by Crippen LogP contribution is 2.31. The molecular weight excluding hydrogens is 438 g/mol. The summed E-state index contributed by atoms with van der Waals surface area (Å²) in [6.07, 6.45) is 1.96. The molecule has 1 aliphatic rings. The van der Waals surface area contributed by atoms with E-state index in [0.29, 0.717) is 10.2 Å². The second-order valence-electron chi connectivity index (χ2n) is 6.44. The molecule has 2 aromatic rings. The second-order valence-corrected chi connectivity index (χ2v) is 9.11. The summed E-state index contributed by atoms with van der Waals surface area (Å²) in [5, 5.41) is 16.8. The van der Waals surface area contributed by atoms with Crippen molar-refractivity contribution in [3.8, 4) is 5.75 Å². The first-order valence-corrected chi connectivity index (χ1v) is 10.4. The molecule has 11 heteroatoms. The van der Waals surface area contributed by atoms with Gasteiger partial charge in [-0.3, -0.25) is 9.48 Å². The zero-order valence-electron chi connectivity index (χ0n) is 15.0. The van der Waals surface area contributed by atoms with Crippen LogP contribution in [0.5, 0.6) is 5.75 Å². The molecule has 0 aliphatic carbocycles. The zero-order chi connectivity index (χ0) is 19.9. The maximum atomic E-state index is 12.8. The molecule has 1 saturated heterocycles. The molecule has 1 amide bonds. The fourth-order valence-electron chi connectivity index (χ4n) is 3.10. The number of nitrogens with one attached hydrogen (secondary N) is 2. The number of hydrogen-bond donors (Lipinski definition) is 3. The highest BCUT2D eigenvalue weighted by Gasteiger charge is 2.41. The van der Waals surface area contributed by atoms with Gasteiger partial charge in [0, 0.05) is 30.3 Å². The van der Waals surface area contributed by atoms with Gasteiger partial charge in [-0.1, -0.05) is 15.9 Å². The summed E-state index contributed by atoms with van der Waals surface area (Å²) in [6.45, 7) is 1.79. The van der Waals surface area contributed by atoms with Crippen LogP contribution in [-0.2, 0) is 22.1 Å². The number of phenolic OH excluding ortho intramolecular Hbond substituents is 1. The van der Waals surface area contributed by atoms with Crippen molar-refractivity contribution in [3.63, 3.8) is 0 Å². The lowest BCUT2D eigenvalue weighted by Crippen LogP contribution is -2.56. The molecule has 2 atom stereocenters. The molecule has 0 radical (unpaired) electrons. The van der Waals surface area contributed by atoms with Crippen LogP contribution in [0.3, 0.4) is 0 Å². The average Bonchev–Trinajstić information content (AvgIpc) is 2.91. The van der Waals surface area contributed by atoms with E-state index in [4.69, 9.17) is 0 Å². The number of amides is 1. The number of aromatic nitrogens is 2. The smallest absolute Gasteiger partial charge is 0.280 e. The molecular formula is C16H20BrN5O4S. The van der Waals surface area contributed by atoms with Crippen molar-refractivity contribution in [2.24, 2.45) is 7.05 Å². The molecule has 146 valence electrons. The quantitative estimate of drug-likeness (QED) is 0.602. The fraction of sp³-hybridized carbons (Fsp3) is 0.375. The monoisotopic (exact) mass is 457 g/mol.